The van der Waals surface area contributed by atoms with Gasteiger partial charge in [0.25, 0.3) is 11.6 Å². The normalized spacial score (nSPS) is 10.1. The van der Waals surface area contributed by atoms with Crippen LogP contribution in [0.5, 0.6) is 0 Å². The van der Waals surface area contributed by atoms with Crippen LogP contribution >= 0.6 is 11.3 Å². The molecule has 0 unspecified atom stereocenters. The van der Waals surface area contributed by atoms with Gasteiger partial charge >= 0.3 is 0 Å². The second-order valence-electron chi connectivity index (χ2n) is 4.33. The van der Waals surface area contributed by atoms with Crippen LogP contribution in [0, 0.1) is 10.1 Å². The summed E-state index contributed by atoms with van der Waals surface area (Å²) in [5.41, 5.74) is 1.74. The van der Waals surface area contributed by atoms with Gasteiger partial charge in [-0.2, -0.15) is 11.3 Å². The Labute approximate surface area is 126 Å². The molecule has 0 bridgehead atoms. The lowest BCUT2D eigenvalue weighted by Crippen LogP contribution is -2.22. The number of nitrogens with zero attached hydrogens (tertiary/aromatic N) is 1. The van der Waals surface area contributed by atoms with Gasteiger partial charge in [0.2, 0.25) is 0 Å². The first kappa shape index (κ1) is 15.0. The van der Waals surface area contributed by atoms with Gasteiger partial charge in [0, 0.05) is 24.7 Å². The second kappa shape index (κ2) is 6.85. The molecule has 0 saturated heterocycles. The standard InChI is InChI=1S/C14H15N3O3S/c1-2-15-12-7-11(3-4-13(12)17(19)20)14(18)16-8-10-5-6-21-9-10/h3-7,9,15H,2,8H2,1H3,(H,16,18). The molecular weight excluding hydrogens is 290 g/mol. The predicted octanol–water partition coefficient (Wildman–Crippen LogP) is 3.02. The number of carbonyl (C=O) groups is 1. The van der Waals surface area contributed by atoms with Crippen LogP contribution in [0.1, 0.15) is 22.8 Å². The molecule has 0 radical (unpaired) electrons. The van der Waals surface area contributed by atoms with Crippen LogP contribution in [-0.4, -0.2) is 17.4 Å². The average Bonchev–Trinajstić information content (AvgIpc) is 2.98. The lowest BCUT2D eigenvalue weighted by molar-refractivity contribution is -0.384. The van der Waals surface area contributed by atoms with E-state index in [1.54, 1.807) is 11.3 Å². The Bertz CT molecular complexity index is 641. The quantitative estimate of drug-likeness (QED) is 0.634. The van der Waals surface area contributed by atoms with E-state index in [1.165, 1.54) is 18.2 Å². The number of hydrogen-bond acceptors (Lipinski definition) is 5. The highest BCUT2D eigenvalue weighted by molar-refractivity contribution is 7.07. The summed E-state index contributed by atoms with van der Waals surface area (Å²) in [6.07, 6.45) is 0. The Hall–Kier alpha value is -2.41. The van der Waals surface area contributed by atoms with E-state index in [0.717, 1.165) is 5.56 Å². The number of hydrogen-bond donors (Lipinski definition) is 2. The van der Waals surface area contributed by atoms with Crippen molar-refractivity contribution in [2.24, 2.45) is 0 Å². The predicted molar refractivity (Wildman–Crippen MR) is 82.7 cm³/mol. The minimum atomic E-state index is -0.467. The number of carbonyl (C=O) groups excluding carboxylic acids is 1. The molecule has 110 valence electrons. The van der Waals surface area contributed by atoms with E-state index in [9.17, 15) is 14.9 Å². The Balaban J connectivity index is 2.13. The maximum absolute atomic E-state index is 12.1. The average molecular weight is 305 g/mol. The van der Waals surface area contributed by atoms with Gasteiger partial charge < -0.3 is 10.6 Å². The number of thiophene rings is 1. The SMILES string of the molecule is CCNc1cc(C(=O)NCc2ccsc2)ccc1[N+](=O)[O-]. The number of nitro groups is 1. The number of nitrogens with one attached hydrogen (secondary N) is 2. The maximum Gasteiger partial charge on any atom is 0.292 e. The molecule has 1 aromatic carbocycles. The van der Waals surface area contributed by atoms with Crippen LogP contribution in [0.15, 0.2) is 35.0 Å². The minimum Gasteiger partial charge on any atom is -0.380 e. The molecular formula is C14H15N3O3S. The fourth-order valence-electron chi connectivity index (χ4n) is 1.85. The van der Waals surface area contributed by atoms with Crippen LogP contribution < -0.4 is 10.6 Å². The molecule has 0 saturated carbocycles. The summed E-state index contributed by atoms with van der Waals surface area (Å²) in [5.74, 6) is -0.254. The fraction of sp³-hybridized carbons (Fsp3) is 0.214. The summed E-state index contributed by atoms with van der Waals surface area (Å²) in [4.78, 5) is 22.5. The Kier molecular flexibility index (Phi) is 4.89. The van der Waals surface area contributed by atoms with Crippen molar-refractivity contribution in [1.82, 2.24) is 5.32 Å². The van der Waals surface area contributed by atoms with E-state index in [4.69, 9.17) is 0 Å². The van der Waals surface area contributed by atoms with Gasteiger partial charge in [-0.25, -0.2) is 0 Å². The highest BCUT2D eigenvalue weighted by Crippen LogP contribution is 2.25. The van der Waals surface area contributed by atoms with E-state index in [-0.39, 0.29) is 11.6 Å². The maximum atomic E-state index is 12.1. The largest absolute Gasteiger partial charge is 0.380 e. The third kappa shape index (κ3) is 3.79. The van der Waals surface area contributed by atoms with Crippen molar-refractivity contribution in [2.75, 3.05) is 11.9 Å². The molecule has 0 aliphatic rings. The van der Waals surface area contributed by atoms with Crippen molar-refractivity contribution in [2.45, 2.75) is 13.5 Å². The number of rotatable bonds is 6. The van der Waals surface area contributed by atoms with Crippen molar-refractivity contribution >= 4 is 28.6 Å². The van der Waals surface area contributed by atoms with Gasteiger partial charge in [-0.3, -0.25) is 14.9 Å². The molecule has 2 N–H and O–H groups in total. The van der Waals surface area contributed by atoms with E-state index >= 15 is 0 Å². The minimum absolute atomic E-state index is 0.0359. The Morgan fingerprint density at radius 3 is 2.81 bits per heavy atom. The molecule has 21 heavy (non-hydrogen) atoms. The van der Waals surface area contributed by atoms with Gasteiger partial charge in [0.1, 0.15) is 5.69 Å². The molecule has 0 aliphatic carbocycles. The third-order valence-corrected chi connectivity index (χ3v) is 3.59. The monoisotopic (exact) mass is 305 g/mol. The second-order valence-corrected chi connectivity index (χ2v) is 5.11. The smallest absolute Gasteiger partial charge is 0.292 e. The molecule has 0 atom stereocenters. The molecule has 7 heteroatoms. The topological polar surface area (TPSA) is 84.3 Å². The zero-order valence-electron chi connectivity index (χ0n) is 11.5. The number of benzene rings is 1. The zero-order chi connectivity index (χ0) is 15.2. The lowest BCUT2D eigenvalue weighted by atomic mass is 10.1. The van der Waals surface area contributed by atoms with Crippen LogP contribution in [0.3, 0.4) is 0 Å². The van der Waals surface area contributed by atoms with E-state index in [1.807, 2.05) is 23.8 Å². The molecule has 6 nitrogen and oxygen atoms in total. The van der Waals surface area contributed by atoms with Crippen molar-refractivity contribution in [1.29, 1.82) is 0 Å². The number of amides is 1. The van der Waals surface area contributed by atoms with E-state index < -0.39 is 4.92 Å². The molecule has 1 heterocycles. The van der Waals surface area contributed by atoms with Crippen LogP contribution in [-0.2, 0) is 6.54 Å². The fourth-order valence-corrected chi connectivity index (χ4v) is 2.51. The lowest BCUT2D eigenvalue weighted by Gasteiger charge is -2.08. The first-order valence-corrected chi connectivity index (χ1v) is 7.37. The first-order chi connectivity index (χ1) is 10.1. The van der Waals surface area contributed by atoms with Gasteiger partial charge in [0.05, 0.1) is 4.92 Å². The summed E-state index contributed by atoms with van der Waals surface area (Å²) in [6.45, 7) is 2.82. The molecule has 0 fully saturated rings. The van der Waals surface area contributed by atoms with Gasteiger partial charge in [0.15, 0.2) is 0 Å². The first-order valence-electron chi connectivity index (χ1n) is 6.43. The summed E-state index contributed by atoms with van der Waals surface area (Å²) in [5, 5.41) is 20.5. The summed E-state index contributed by atoms with van der Waals surface area (Å²) >= 11 is 1.57. The van der Waals surface area contributed by atoms with Crippen molar-refractivity contribution in [3.63, 3.8) is 0 Å². The number of nitro benzene ring substituents is 1. The van der Waals surface area contributed by atoms with Gasteiger partial charge in [-0.1, -0.05) is 0 Å². The summed E-state index contributed by atoms with van der Waals surface area (Å²) < 4.78 is 0. The van der Waals surface area contributed by atoms with Crippen LogP contribution in [0.4, 0.5) is 11.4 Å². The van der Waals surface area contributed by atoms with E-state index in [0.29, 0.717) is 24.3 Å². The van der Waals surface area contributed by atoms with Crippen molar-refractivity contribution in [3.05, 3.63) is 56.3 Å². The van der Waals surface area contributed by atoms with Crippen molar-refractivity contribution in [3.8, 4) is 0 Å². The molecule has 1 amide bonds. The molecule has 1 aromatic heterocycles. The summed E-state index contributed by atoms with van der Waals surface area (Å²) in [7, 11) is 0. The van der Waals surface area contributed by atoms with Gasteiger partial charge in [-0.05, 0) is 41.4 Å². The molecule has 0 spiro atoms. The van der Waals surface area contributed by atoms with E-state index in [2.05, 4.69) is 10.6 Å². The molecule has 2 aromatic rings. The van der Waals surface area contributed by atoms with Crippen LogP contribution in [0.2, 0.25) is 0 Å². The molecule has 0 aliphatic heterocycles. The highest BCUT2D eigenvalue weighted by Gasteiger charge is 2.16. The highest BCUT2D eigenvalue weighted by atomic mass is 32.1. The number of anilines is 1. The zero-order valence-corrected chi connectivity index (χ0v) is 12.3. The summed E-state index contributed by atoms with van der Waals surface area (Å²) in [6, 6.07) is 6.24. The molecule has 2 rings (SSSR count). The van der Waals surface area contributed by atoms with Crippen LogP contribution in [0.25, 0.3) is 0 Å². The van der Waals surface area contributed by atoms with Gasteiger partial charge in [-0.15, -0.1) is 0 Å². The van der Waals surface area contributed by atoms with Crippen molar-refractivity contribution < 1.29 is 9.72 Å². The third-order valence-electron chi connectivity index (χ3n) is 2.86. The Morgan fingerprint density at radius 2 is 2.19 bits per heavy atom. The Morgan fingerprint density at radius 1 is 1.38 bits per heavy atom.